The SMILES string of the molecule is CCCCCCCCCCn1c(C(C)NC(=O)C2CCCO2)nc2ccccc21. The second-order valence-corrected chi connectivity index (χ2v) is 8.32. The van der Waals surface area contributed by atoms with Crippen LogP contribution in [0.1, 0.15) is 89.9 Å². The molecule has 0 radical (unpaired) electrons. The Morgan fingerprint density at radius 3 is 2.62 bits per heavy atom. The number of nitrogens with zero attached hydrogens (tertiary/aromatic N) is 2. The van der Waals surface area contributed by atoms with Crippen molar-refractivity contribution in [3.63, 3.8) is 0 Å². The fraction of sp³-hybridized carbons (Fsp3) is 0.667. The second kappa shape index (κ2) is 11.3. The molecule has 160 valence electrons. The quantitative estimate of drug-likeness (QED) is 0.477. The molecule has 2 unspecified atom stereocenters. The molecule has 1 saturated heterocycles. The Morgan fingerprint density at radius 1 is 1.17 bits per heavy atom. The van der Waals surface area contributed by atoms with E-state index >= 15 is 0 Å². The maximum absolute atomic E-state index is 12.5. The summed E-state index contributed by atoms with van der Waals surface area (Å²) in [6.45, 7) is 5.92. The van der Waals surface area contributed by atoms with Gasteiger partial charge >= 0.3 is 0 Å². The van der Waals surface area contributed by atoms with Crippen molar-refractivity contribution in [3.8, 4) is 0 Å². The molecule has 5 heteroatoms. The van der Waals surface area contributed by atoms with E-state index < -0.39 is 0 Å². The molecule has 1 N–H and O–H groups in total. The van der Waals surface area contributed by atoms with Crippen LogP contribution in [0.3, 0.4) is 0 Å². The van der Waals surface area contributed by atoms with Gasteiger partial charge < -0.3 is 14.6 Å². The first-order valence-corrected chi connectivity index (χ1v) is 11.6. The number of hydrogen-bond acceptors (Lipinski definition) is 3. The highest BCUT2D eigenvalue weighted by atomic mass is 16.5. The number of carbonyl (C=O) groups excluding carboxylic acids is 1. The molecule has 29 heavy (non-hydrogen) atoms. The van der Waals surface area contributed by atoms with Gasteiger partial charge in [-0.25, -0.2) is 4.98 Å². The monoisotopic (exact) mass is 399 g/mol. The molecule has 0 spiro atoms. The summed E-state index contributed by atoms with van der Waals surface area (Å²) in [6, 6.07) is 8.14. The van der Waals surface area contributed by atoms with Crippen molar-refractivity contribution in [1.29, 1.82) is 0 Å². The summed E-state index contributed by atoms with van der Waals surface area (Å²) in [5.74, 6) is 0.932. The van der Waals surface area contributed by atoms with Crippen molar-refractivity contribution in [1.82, 2.24) is 14.9 Å². The highest BCUT2D eigenvalue weighted by Crippen LogP contribution is 2.23. The number of carbonyl (C=O) groups is 1. The van der Waals surface area contributed by atoms with Gasteiger partial charge in [-0.3, -0.25) is 4.79 Å². The number of para-hydroxylation sites is 2. The van der Waals surface area contributed by atoms with Gasteiger partial charge in [0, 0.05) is 13.2 Å². The first-order chi connectivity index (χ1) is 14.2. The molecular weight excluding hydrogens is 362 g/mol. The number of amides is 1. The zero-order valence-corrected chi connectivity index (χ0v) is 18.2. The average molecular weight is 400 g/mol. The van der Waals surface area contributed by atoms with Crippen LogP contribution in [0, 0.1) is 0 Å². The molecule has 0 saturated carbocycles. The lowest BCUT2D eigenvalue weighted by molar-refractivity contribution is -0.130. The Kier molecular flexibility index (Phi) is 8.53. The summed E-state index contributed by atoms with van der Waals surface area (Å²) in [6.07, 6.45) is 11.9. The van der Waals surface area contributed by atoms with E-state index in [1.54, 1.807) is 0 Å². The minimum Gasteiger partial charge on any atom is -0.368 e. The summed E-state index contributed by atoms with van der Waals surface area (Å²) < 4.78 is 7.83. The average Bonchev–Trinajstić information content (AvgIpc) is 3.38. The predicted octanol–water partition coefficient (Wildman–Crippen LogP) is 5.53. The number of aromatic nitrogens is 2. The lowest BCUT2D eigenvalue weighted by atomic mass is 10.1. The number of benzene rings is 1. The van der Waals surface area contributed by atoms with Gasteiger partial charge in [0.25, 0.3) is 0 Å². The molecule has 1 aromatic carbocycles. The fourth-order valence-electron chi connectivity index (χ4n) is 4.22. The number of aryl methyl sites for hydroxylation is 1. The van der Waals surface area contributed by atoms with Gasteiger partial charge in [0.15, 0.2) is 0 Å². The molecule has 2 aromatic rings. The van der Waals surface area contributed by atoms with Crippen molar-refractivity contribution in [2.75, 3.05) is 6.61 Å². The van der Waals surface area contributed by atoms with Crippen molar-refractivity contribution in [2.45, 2.75) is 96.7 Å². The Bertz CT molecular complexity index is 765. The Morgan fingerprint density at radius 2 is 1.90 bits per heavy atom. The van der Waals surface area contributed by atoms with Crippen LogP contribution in [0.4, 0.5) is 0 Å². The maximum Gasteiger partial charge on any atom is 0.249 e. The molecule has 1 amide bonds. The van der Waals surface area contributed by atoms with E-state index in [4.69, 9.17) is 9.72 Å². The first-order valence-electron chi connectivity index (χ1n) is 11.6. The van der Waals surface area contributed by atoms with Crippen LogP contribution in [-0.2, 0) is 16.1 Å². The van der Waals surface area contributed by atoms with Crippen LogP contribution in [0.25, 0.3) is 11.0 Å². The second-order valence-electron chi connectivity index (χ2n) is 8.32. The number of hydrogen-bond donors (Lipinski definition) is 1. The van der Waals surface area contributed by atoms with E-state index in [2.05, 4.69) is 35.0 Å². The maximum atomic E-state index is 12.5. The van der Waals surface area contributed by atoms with Gasteiger partial charge in [-0.15, -0.1) is 0 Å². The Balaban J connectivity index is 1.59. The molecule has 5 nitrogen and oxygen atoms in total. The van der Waals surface area contributed by atoms with Gasteiger partial charge in [-0.2, -0.15) is 0 Å². The van der Waals surface area contributed by atoms with Crippen LogP contribution in [0.5, 0.6) is 0 Å². The number of fused-ring (bicyclic) bond motifs is 1. The molecule has 1 fully saturated rings. The number of rotatable bonds is 12. The van der Waals surface area contributed by atoms with E-state index in [1.807, 2.05) is 13.0 Å². The summed E-state index contributed by atoms with van der Waals surface area (Å²) >= 11 is 0. The summed E-state index contributed by atoms with van der Waals surface area (Å²) in [7, 11) is 0. The molecule has 1 aliphatic rings. The summed E-state index contributed by atoms with van der Waals surface area (Å²) in [5, 5.41) is 3.12. The molecular formula is C24H37N3O2. The largest absolute Gasteiger partial charge is 0.368 e. The molecule has 2 atom stereocenters. The Hall–Kier alpha value is -1.88. The predicted molar refractivity (Wildman–Crippen MR) is 118 cm³/mol. The lowest BCUT2D eigenvalue weighted by Gasteiger charge is -2.18. The van der Waals surface area contributed by atoms with E-state index in [1.165, 1.54) is 44.9 Å². The lowest BCUT2D eigenvalue weighted by Crippen LogP contribution is -2.36. The van der Waals surface area contributed by atoms with Crippen LogP contribution in [0.2, 0.25) is 0 Å². The number of ether oxygens (including phenoxy) is 1. The van der Waals surface area contributed by atoms with Crippen LogP contribution >= 0.6 is 0 Å². The highest BCUT2D eigenvalue weighted by molar-refractivity contribution is 5.81. The van der Waals surface area contributed by atoms with E-state index in [0.717, 1.165) is 42.7 Å². The van der Waals surface area contributed by atoms with Crippen LogP contribution in [0.15, 0.2) is 24.3 Å². The molecule has 1 aliphatic heterocycles. The Labute approximate surface area is 175 Å². The van der Waals surface area contributed by atoms with Crippen molar-refractivity contribution < 1.29 is 9.53 Å². The molecule has 0 aliphatic carbocycles. The molecule has 3 rings (SSSR count). The summed E-state index contributed by atoms with van der Waals surface area (Å²) in [5.41, 5.74) is 2.16. The van der Waals surface area contributed by atoms with E-state index in [0.29, 0.717) is 6.61 Å². The third-order valence-corrected chi connectivity index (χ3v) is 5.89. The molecule has 2 heterocycles. The van der Waals surface area contributed by atoms with Gasteiger partial charge in [-0.1, -0.05) is 64.0 Å². The van der Waals surface area contributed by atoms with Gasteiger partial charge in [0.1, 0.15) is 11.9 Å². The standard InChI is InChI=1S/C24H37N3O2/c1-3-4-5-6-7-8-9-12-17-27-21-15-11-10-14-20(21)26-23(27)19(2)25-24(28)22-16-13-18-29-22/h10-11,14-15,19,22H,3-9,12-13,16-18H2,1-2H3,(H,25,28). The topological polar surface area (TPSA) is 56.2 Å². The summed E-state index contributed by atoms with van der Waals surface area (Å²) in [4.78, 5) is 17.3. The number of unbranched alkanes of at least 4 members (excludes halogenated alkanes) is 7. The van der Waals surface area contributed by atoms with Crippen LogP contribution in [-0.4, -0.2) is 28.2 Å². The third kappa shape index (κ3) is 6.05. The molecule has 1 aromatic heterocycles. The zero-order chi connectivity index (χ0) is 20.5. The van der Waals surface area contributed by atoms with Crippen molar-refractivity contribution in [3.05, 3.63) is 30.1 Å². The fourth-order valence-corrected chi connectivity index (χ4v) is 4.22. The normalized spacial score (nSPS) is 17.7. The van der Waals surface area contributed by atoms with Gasteiger partial charge in [0.2, 0.25) is 5.91 Å². The number of imidazole rings is 1. The third-order valence-electron chi connectivity index (χ3n) is 5.89. The van der Waals surface area contributed by atoms with Crippen molar-refractivity contribution in [2.24, 2.45) is 0 Å². The minimum absolute atomic E-state index is 0.0133. The highest BCUT2D eigenvalue weighted by Gasteiger charge is 2.26. The van der Waals surface area contributed by atoms with Gasteiger partial charge in [-0.05, 0) is 38.3 Å². The molecule has 0 bridgehead atoms. The van der Waals surface area contributed by atoms with Crippen molar-refractivity contribution >= 4 is 16.9 Å². The van der Waals surface area contributed by atoms with Gasteiger partial charge in [0.05, 0.1) is 17.1 Å². The first kappa shape index (κ1) is 21.8. The van der Waals surface area contributed by atoms with E-state index in [9.17, 15) is 4.79 Å². The minimum atomic E-state index is -0.303. The number of nitrogens with one attached hydrogen (secondary N) is 1. The van der Waals surface area contributed by atoms with E-state index in [-0.39, 0.29) is 18.1 Å². The van der Waals surface area contributed by atoms with Crippen LogP contribution < -0.4 is 5.32 Å². The zero-order valence-electron chi connectivity index (χ0n) is 18.2. The smallest absolute Gasteiger partial charge is 0.249 e.